The predicted molar refractivity (Wildman–Crippen MR) is 67.6 cm³/mol. The fourth-order valence-electron chi connectivity index (χ4n) is 2.48. The highest BCUT2D eigenvalue weighted by Gasteiger charge is 2.26. The molecule has 1 fully saturated rings. The second-order valence-electron chi connectivity index (χ2n) is 5.14. The van der Waals surface area contributed by atoms with Crippen LogP contribution in [0.25, 0.3) is 0 Å². The van der Waals surface area contributed by atoms with E-state index >= 15 is 0 Å². The van der Waals surface area contributed by atoms with Crippen molar-refractivity contribution < 1.29 is 13.9 Å². The molecule has 0 unspecified atom stereocenters. The van der Waals surface area contributed by atoms with Gasteiger partial charge in [0.1, 0.15) is 0 Å². The number of hydrogen-bond donors (Lipinski definition) is 0. The largest absolute Gasteiger partial charge is 0.460 e. The molecular formula is C14H21NO3. The summed E-state index contributed by atoms with van der Waals surface area (Å²) < 4.78 is 10.6. The van der Waals surface area contributed by atoms with Crippen molar-refractivity contribution in [2.24, 2.45) is 5.92 Å². The maximum atomic E-state index is 11.7. The first kappa shape index (κ1) is 13.1. The lowest BCUT2D eigenvalue weighted by Crippen LogP contribution is -2.11. The Balaban J connectivity index is 2.11. The van der Waals surface area contributed by atoms with E-state index in [2.05, 4.69) is 11.9 Å². The van der Waals surface area contributed by atoms with Crippen molar-refractivity contribution in [3.05, 3.63) is 17.3 Å². The molecule has 0 bridgehead atoms. The zero-order valence-corrected chi connectivity index (χ0v) is 11.4. The highest BCUT2D eigenvalue weighted by atomic mass is 16.5. The first-order valence-electron chi connectivity index (χ1n) is 6.76. The average molecular weight is 251 g/mol. The lowest BCUT2D eigenvalue weighted by molar-refractivity contribution is 0.0485. The molecule has 0 atom stereocenters. The molecule has 4 nitrogen and oxygen atoms in total. The normalized spacial score (nSPS) is 23.9. The van der Waals surface area contributed by atoms with Crippen LogP contribution < -0.4 is 0 Å². The summed E-state index contributed by atoms with van der Waals surface area (Å²) >= 11 is 0. The minimum atomic E-state index is -0.405. The number of aromatic nitrogens is 1. The Morgan fingerprint density at radius 1 is 1.39 bits per heavy atom. The van der Waals surface area contributed by atoms with Gasteiger partial charge < -0.3 is 9.15 Å². The Labute approximate surface area is 108 Å². The van der Waals surface area contributed by atoms with Crippen molar-refractivity contribution in [2.75, 3.05) is 6.61 Å². The predicted octanol–water partition coefficient (Wildman–Crippen LogP) is 3.45. The summed E-state index contributed by atoms with van der Waals surface area (Å²) in [7, 11) is 0. The van der Waals surface area contributed by atoms with Gasteiger partial charge in [-0.3, -0.25) is 0 Å². The number of carbonyl (C=O) groups excluding carboxylic acids is 1. The van der Waals surface area contributed by atoms with Crippen molar-refractivity contribution in [1.82, 2.24) is 4.98 Å². The molecule has 0 radical (unpaired) electrons. The molecule has 0 aliphatic heterocycles. The van der Waals surface area contributed by atoms with E-state index in [1.165, 1.54) is 12.8 Å². The van der Waals surface area contributed by atoms with E-state index in [-0.39, 0.29) is 5.76 Å². The number of carbonyl (C=O) groups is 1. The number of oxazole rings is 1. The van der Waals surface area contributed by atoms with Crippen LogP contribution in [0.1, 0.15) is 67.6 Å². The van der Waals surface area contributed by atoms with Crippen LogP contribution in [-0.2, 0) is 4.74 Å². The fourth-order valence-corrected chi connectivity index (χ4v) is 2.48. The quantitative estimate of drug-likeness (QED) is 0.772. The number of hydrogen-bond acceptors (Lipinski definition) is 4. The summed E-state index contributed by atoms with van der Waals surface area (Å²) in [4.78, 5) is 16.1. The SMILES string of the molecule is CCOC(=O)c1oc(C2CCC(C)CC2)nc1C. The fraction of sp³-hybridized carbons (Fsp3) is 0.714. The van der Waals surface area contributed by atoms with Crippen LogP contribution in [0.5, 0.6) is 0 Å². The van der Waals surface area contributed by atoms with Crippen LogP contribution in [-0.4, -0.2) is 17.6 Å². The summed E-state index contributed by atoms with van der Waals surface area (Å²) in [6.07, 6.45) is 4.62. The highest BCUT2D eigenvalue weighted by Crippen LogP contribution is 2.35. The molecule has 1 aromatic heterocycles. The van der Waals surface area contributed by atoms with Crippen LogP contribution >= 0.6 is 0 Å². The van der Waals surface area contributed by atoms with Gasteiger partial charge in [0.2, 0.25) is 5.76 Å². The summed E-state index contributed by atoms with van der Waals surface area (Å²) in [6, 6.07) is 0. The molecule has 0 N–H and O–H groups in total. The van der Waals surface area contributed by atoms with Crippen LogP contribution in [0, 0.1) is 12.8 Å². The van der Waals surface area contributed by atoms with E-state index in [1.54, 1.807) is 13.8 Å². The zero-order chi connectivity index (χ0) is 13.1. The van der Waals surface area contributed by atoms with E-state index in [0.29, 0.717) is 24.1 Å². The Bertz CT molecular complexity index is 417. The minimum absolute atomic E-state index is 0.269. The average Bonchev–Trinajstić information content (AvgIpc) is 2.72. The summed E-state index contributed by atoms with van der Waals surface area (Å²) in [5, 5.41) is 0. The molecule has 1 aromatic rings. The molecule has 1 heterocycles. The molecule has 0 spiro atoms. The van der Waals surface area contributed by atoms with E-state index in [1.807, 2.05) is 0 Å². The first-order chi connectivity index (χ1) is 8.61. The van der Waals surface area contributed by atoms with Crippen LogP contribution in [0.15, 0.2) is 4.42 Å². The van der Waals surface area contributed by atoms with Gasteiger partial charge in [0.15, 0.2) is 5.89 Å². The van der Waals surface area contributed by atoms with Gasteiger partial charge in [-0.2, -0.15) is 0 Å². The number of ether oxygens (including phenoxy) is 1. The highest BCUT2D eigenvalue weighted by molar-refractivity contribution is 5.87. The van der Waals surface area contributed by atoms with Gasteiger partial charge in [0, 0.05) is 5.92 Å². The lowest BCUT2D eigenvalue weighted by Gasteiger charge is -2.23. The third-order valence-electron chi connectivity index (χ3n) is 3.64. The van der Waals surface area contributed by atoms with Gasteiger partial charge in [-0.05, 0) is 45.4 Å². The van der Waals surface area contributed by atoms with E-state index in [4.69, 9.17) is 9.15 Å². The summed E-state index contributed by atoms with van der Waals surface area (Å²) in [5.41, 5.74) is 0.641. The monoisotopic (exact) mass is 251 g/mol. The third kappa shape index (κ3) is 2.74. The van der Waals surface area contributed by atoms with E-state index in [9.17, 15) is 4.79 Å². The molecule has 0 aromatic carbocycles. The number of esters is 1. The molecule has 0 amide bonds. The maximum Gasteiger partial charge on any atom is 0.376 e. The second-order valence-corrected chi connectivity index (χ2v) is 5.14. The summed E-state index contributed by atoms with van der Waals surface area (Å²) in [6.45, 7) is 6.22. The number of nitrogens with zero attached hydrogens (tertiary/aromatic N) is 1. The Hall–Kier alpha value is -1.32. The standard InChI is InChI=1S/C14H21NO3/c1-4-17-14(16)12-10(3)15-13(18-12)11-7-5-9(2)6-8-11/h9,11H,4-8H2,1-3H3. The van der Waals surface area contributed by atoms with Gasteiger partial charge in [-0.1, -0.05) is 6.92 Å². The van der Waals surface area contributed by atoms with Gasteiger partial charge >= 0.3 is 5.97 Å². The number of aryl methyl sites for hydroxylation is 1. The van der Waals surface area contributed by atoms with Crippen LogP contribution in [0.4, 0.5) is 0 Å². The van der Waals surface area contributed by atoms with Gasteiger partial charge in [0.05, 0.1) is 12.3 Å². The van der Waals surface area contributed by atoms with Crippen molar-refractivity contribution in [2.45, 2.75) is 52.4 Å². The molecular weight excluding hydrogens is 230 g/mol. The number of rotatable bonds is 3. The van der Waals surface area contributed by atoms with Crippen molar-refractivity contribution >= 4 is 5.97 Å². The maximum absolute atomic E-state index is 11.7. The smallest absolute Gasteiger partial charge is 0.376 e. The molecule has 1 aliphatic carbocycles. The minimum Gasteiger partial charge on any atom is -0.460 e. The topological polar surface area (TPSA) is 52.3 Å². The molecule has 4 heteroatoms. The first-order valence-corrected chi connectivity index (χ1v) is 6.76. The molecule has 100 valence electrons. The molecule has 18 heavy (non-hydrogen) atoms. The Morgan fingerprint density at radius 3 is 2.67 bits per heavy atom. The Kier molecular flexibility index (Phi) is 4.04. The van der Waals surface area contributed by atoms with Crippen molar-refractivity contribution in [3.8, 4) is 0 Å². The van der Waals surface area contributed by atoms with Crippen molar-refractivity contribution in [3.63, 3.8) is 0 Å². The molecule has 1 aliphatic rings. The third-order valence-corrected chi connectivity index (χ3v) is 3.64. The molecule has 2 rings (SSSR count). The van der Waals surface area contributed by atoms with E-state index < -0.39 is 5.97 Å². The molecule has 0 saturated heterocycles. The van der Waals surface area contributed by atoms with Gasteiger partial charge in [-0.25, -0.2) is 9.78 Å². The Morgan fingerprint density at radius 2 is 2.06 bits per heavy atom. The van der Waals surface area contributed by atoms with Crippen LogP contribution in [0.3, 0.4) is 0 Å². The molecule has 1 saturated carbocycles. The lowest BCUT2D eigenvalue weighted by atomic mass is 9.83. The van der Waals surface area contributed by atoms with Crippen molar-refractivity contribution in [1.29, 1.82) is 0 Å². The summed E-state index contributed by atoms with van der Waals surface area (Å²) in [5.74, 6) is 1.73. The van der Waals surface area contributed by atoms with E-state index in [0.717, 1.165) is 18.8 Å². The zero-order valence-electron chi connectivity index (χ0n) is 11.4. The van der Waals surface area contributed by atoms with Gasteiger partial charge in [0.25, 0.3) is 0 Å². The van der Waals surface area contributed by atoms with Crippen LogP contribution in [0.2, 0.25) is 0 Å². The second kappa shape index (κ2) is 5.55. The van der Waals surface area contributed by atoms with Gasteiger partial charge in [-0.15, -0.1) is 0 Å².